The van der Waals surface area contributed by atoms with Crippen LogP contribution in [0, 0.1) is 0 Å². The average Bonchev–Trinajstić information content (AvgIpc) is 2.04. The number of anilines is 1. The largest absolute Gasteiger partial charge is 0.481 e. The molecule has 1 heterocycles. The summed E-state index contributed by atoms with van der Waals surface area (Å²) in [6, 6.07) is -0.585. The van der Waals surface area contributed by atoms with E-state index in [1.54, 1.807) is 0 Å². The fraction of sp³-hybridized carbons (Fsp3) is 0.286. The van der Waals surface area contributed by atoms with Gasteiger partial charge in [0.1, 0.15) is 0 Å². The minimum atomic E-state index is -0.954. The molecule has 0 amide bonds. The van der Waals surface area contributed by atoms with Gasteiger partial charge in [-0.15, -0.1) is 0 Å². The Kier molecular flexibility index (Phi) is 2.76. The van der Waals surface area contributed by atoms with Crippen LogP contribution in [0.1, 0.15) is 18.0 Å². The number of hydrogen-bond acceptors (Lipinski definition) is 5. The van der Waals surface area contributed by atoms with Gasteiger partial charge in [0, 0.05) is 24.0 Å². The molecule has 0 aromatic carbocycles. The van der Waals surface area contributed by atoms with Crippen molar-refractivity contribution in [2.45, 2.75) is 12.5 Å². The molecule has 0 aliphatic carbocycles. The summed E-state index contributed by atoms with van der Waals surface area (Å²) in [7, 11) is 0. The van der Waals surface area contributed by atoms with Crippen LogP contribution in [0.3, 0.4) is 0 Å². The highest BCUT2D eigenvalue weighted by Crippen LogP contribution is 2.11. The summed E-state index contributed by atoms with van der Waals surface area (Å²) in [6.45, 7) is 0. The van der Waals surface area contributed by atoms with Crippen LogP contribution in [0.25, 0.3) is 0 Å². The number of hydrogen-bond donors (Lipinski definition) is 3. The third kappa shape index (κ3) is 2.68. The van der Waals surface area contributed by atoms with Crippen LogP contribution < -0.4 is 11.5 Å². The number of rotatable bonds is 3. The molecule has 1 aromatic rings. The molecule has 0 aliphatic heterocycles. The first-order valence-corrected chi connectivity index (χ1v) is 3.64. The molecular weight excluding hydrogens is 172 g/mol. The Morgan fingerprint density at radius 1 is 1.54 bits per heavy atom. The maximum atomic E-state index is 10.3. The third-order valence-corrected chi connectivity index (χ3v) is 1.51. The summed E-state index contributed by atoms with van der Waals surface area (Å²) in [5, 5.41) is 8.45. The molecule has 0 radical (unpaired) electrons. The van der Waals surface area contributed by atoms with E-state index in [9.17, 15) is 4.79 Å². The van der Waals surface area contributed by atoms with E-state index in [0.29, 0.717) is 5.56 Å². The summed E-state index contributed by atoms with van der Waals surface area (Å²) < 4.78 is 0. The van der Waals surface area contributed by atoms with Crippen molar-refractivity contribution < 1.29 is 9.90 Å². The zero-order valence-electron chi connectivity index (χ0n) is 6.84. The predicted octanol–water partition coefficient (Wildman–Crippen LogP) is -0.467. The molecular formula is C7H10N4O2. The van der Waals surface area contributed by atoms with E-state index in [0.717, 1.165) is 0 Å². The minimum absolute atomic E-state index is 0.145. The molecule has 5 N–H and O–H groups in total. The Hall–Kier alpha value is -1.69. The molecule has 6 heteroatoms. The van der Waals surface area contributed by atoms with Gasteiger partial charge in [0.25, 0.3) is 0 Å². The fourth-order valence-corrected chi connectivity index (χ4v) is 0.845. The van der Waals surface area contributed by atoms with Gasteiger partial charge in [-0.3, -0.25) is 4.79 Å². The van der Waals surface area contributed by atoms with E-state index < -0.39 is 12.0 Å². The lowest BCUT2D eigenvalue weighted by molar-refractivity contribution is -0.137. The molecule has 0 bridgehead atoms. The number of aromatic nitrogens is 2. The van der Waals surface area contributed by atoms with Crippen LogP contribution >= 0.6 is 0 Å². The summed E-state index contributed by atoms with van der Waals surface area (Å²) in [5.41, 5.74) is 11.4. The van der Waals surface area contributed by atoms with Gasteiger partial charge in [-0.05, 0) is 0 Å². The van der Waals surface area contributed by atoms with Crippen molar-refractivity contribution in [3.63, 3.8) is 0 Å². The van der Waals surface area contributed by atoms with Gasteiger partial charge < -0.3 is 16.6 Å². The zero-order chi connectivity index (χ0) is 9.84. The Morgan fingerprint density at radius 3 is 2.54 bits per heavy atom. The molecule has 0 saturated heterocycles. The van der Waals surface area contributed by atoms with E-state index in [-0.39, 0.29) is 12.4 Å². The first kappa shape index (κ1) is 9.40. The van der Waals surface area contributed by atoms with Crippen LogP contribution in [0.4, 0.5) is 5.95 Å². The molecule has 0 aliphatic rings. The number of nitrogens with zero attached hydrogens (tertiary/aromatic N) is 2. The number of nitrogens with two attached hydrogens (primary N) is 2. The average molecular weight is 182 g/mol. The highest BCUT2D eigenvalue weighted by Gasteiger charge is 2.10. The van der Waals surface area contributed by atoms with Gasteiger partial charge in [0.2, 0.25) is 5.95 Å². The normalized spacial score (nSPS) is 12.4. The number of aliphatic carboxylic acids is 1. The van der Waals surface area contributed by atoms with Crippen molar-refractivity contribution in [3.05, 3.63) is 18.0 Å². The second kappa shape index (κ2) is 3.81. The predicted molar refractivity (Wildman–Crippen MR) is 45.6 cm³/mol. The van der Waals surface area contributed by atoms with Gasteiger partial charge in [0.15, 0.2) is 0 Å². The van der Waals surface area contributed by atoms with Crippen molar-refractivity contribution in [2.24, 2.45) is 5.73 Å². The lowest BCUT2D eigenvalue weighted by Crippen LogP contribution is -2.15. The molecule has 0 fully saturated rings. The van der Waals surface area contributed by atoms with E-state index in [1.165, 1.54) is 12.4 Å². The SMILES string of the molecule is Nc1ncc(C(N)CC(=O)O)cn1. The molecule has 6 nitrogen and oxygen atoms in total. The maximum Gasteiger partial charge on any atom is 0.305 e. The smallest absolute Gasteiger partial charge is 0.305 e. The molecule has 70 valence electrons. The molecule has 0 saturated carbocycles. The van der Waals surface area contributed by atoms with Crippen molar-refractivity contribution >= 4 is 11.9 Å². The minimum Gasteiger partial charge on any atom is -0.481 e. The topological polar surface area (TPSA) is 115 Å². The van der Waals surface area contributed by atoms with E-state index in [1.807, 2.05) is 0 Å². The van der Waals surface area contributed by atoms with E-state index >= 15 is 0 Å². The van der Waals surface area contributed by atoms with Crippen molar-refractivity contribution in [3.8, 4) is 0 Å². The van der Waals surface area contributed by atoms with Crippen molar-refractivity contribution in [2.75, 3.05) is 5.73 Å². The highest BCUT2D eigenvalue weighted by atomic mass is 16.4. The standard InChI is InChI=1S/C7H10N4O2/c8-5(1-6(12)13)4-2-10-7(9)11-3-4/h2-3,5H,1,8H2,(H,12,13)(H2,9,10,11). The van der Waals surface area contributed by atoms with Gasteiger partial charge in [-0.25, -0.2) is 9.97 Å². The number of nitrogen functional groups attached to an aromatic ring is 1. The maximum absolute atomic E-state index is 10.3. The van der Waals surface area contributed by atoms with Crippen LogP contribution in [-0.2, 0) is 4.79 Å². The van der Waals surface area contributed by atoms with Gasteiger partial charge in [-0.2, -0.15) is 0 Å². The number of carbonyl (C=O) groups is 1. The number of carboxylic acid groups (broad SMARTS) is 1. The van der Waals surface area contributed by atoms with Crippen LogP contribution in [0.5, 0.6) is 0 Å². The second-order valence-corrected chi connectivity index (χ2v) is 2.58. The summed E-state index contributed by atoms with van der Waals surface area (Å²) in [4.78, 5) is 17.7. The third-order valence-electron chi connectivity index (χ3n) is 1.51. The van der Waals surface area contributed by atoms with E-state index in [4.69, 9.17) is 16.6 Å². The van der Waals surface area contributed by atoms with Gasteiger partial charge in [-0.1, -0.05) is 0 Å². The lowest BCUT2D eigenvalue weighted by Gasteiger charge is -2.07. The Morgan fingerprint density at radius 2 is 2.08 bits per heavy atom. The van der Waals surface area contributed by atoms with Crippen molar-refractivity contribution in [1.29, 1.82) is 0 Å². The molecule has 0 spiro atoms. The fourth-order valence-electron chi connectivity index (χ4n) is 0.845. The van der Waals surface area contributed by atoms with Crippen LogP contribution in [0.15, 0.2) is 12.4 Å². The molecule has 13 heavy (non-hydrogen) atoms. The summed E-state index contributed by atoms with van der Waals surface area (Å²) in [5.74, 6) is -0.810. The monoisotopic (exact) mass is 182 g/mol. The highest BCUT2D eigenvalue weighted by molar-refractivity contribution is 5.67. The van der Waals surface area contributed by atoms with Gasteiger partial charge >= 0.3 is 5.97 Å². The molecule has 1 rings (SSSR count). The van der Waals surface area contributed by atoms with Crippen molar-refractivity contribution in [1.82, 2.24) is 9.97 Å². The molecule has 1 aromatic heterocycles. The first-order chi connectivity index (χ1) is 6.09. The summed E-state index contributed by atoms with van der Waals surface area (Å²) >= 11 is 0. The molecule has 1 unspecified atom stereocenters. The second-order valence-electron chi connectivity index (χ2n) is 2.58. The van der Waals surface area contributed by atoms with Crippen LogP contribution in [-0.4, -0.2) is 21.0 Å². The quantitative estimate of drug-likeness (QED) is 0.582. The van der Waals surface area contributed by atoms with Crippen LogP contribution in [0.2, 0.25) is 0 Å². The number of carboxylic acids is 1. The van der Waals surface area contributed by atoms with Gasteiger partial charge in [0.05, 0.1) is 6.42 Å². The first-order valence-electron chi connectivity index (χ1n) is 3.64. The lowest BCUT2D eigenvalue weighted by atomic mass is 10.1. The summed E-state index contributed by atoms with van der Waals surface area (Å²) in [6.07, 6.45) is 2.71. The van der Waals surface area contributed by atoms with E-state index in [2.05, 4.69) is 9.97 Å². The Bertz CT molecular complexity index is 298. The zero-order valence-corrected chi connectivity index (χ0v) is 6.84. The Labute approximate surface area is 74.6 Å². The Balaban J connectivity index is 2.71. The molecule has 1 atom stereocenters.